The first-order valence-electron chi connectivity index (χ1n) is 6.08. The molecule has 0 saturated carbocycles. The van der Waals surface area contributed by atoms with Crippen molar-refractivity contribution in [3.8, 4) is 0 Å². The lowest BCUT2D eigenvalue weighted by Crippen LogP contribution is -2.36. The lowest BCUT2D eigenvalue weighted by Gasteiger charge is -2.23. The van der Waals surface area contributed by atoms with Crippen LogP contribution in [-0.4, -0.2) is 18.8 Å². The molecule has 1 aromatic carbocycles. The highest BCUT2D eigenvalue weighted by Gasteiger charge is 2.28. The van der Waals surface area contributed by atoms with Crippen LogP contribution in [0.25, 0.3) is 0 Å². The molecule has 2 heteroatoms. The zero-order chi connectivity index (χ0) is 11.4. The minimum absolute atomic E-state index is 0.0602. The molecule has 1 atom stereocenters. The van der Waals surface area contributed by atoms with Crippen LogP contribution in [0.5, 0.6) is 0 Å². The van der Waals surface area contributed by atoms with Gasteiger partial charge in [-0.1, -0.05) is 29.8 Å². The van der Waals surface area contributed by atoms with Crippen molar-refractivity contribution in [1.29, 1.82) is 0 Å². The van der Waals surface area contributed by atoms with Crippen LogP contribution in [0, 0.1) is 6.92 Å². The summed E-state index contributed by atoms with van der Waals surface area (Å²) in [5.41, 5.74) is 2.71. The van der Waals surface area contributed by atoms with E-state index < -0.39 is 0 Å². The molecule has 1 unspecified atom stereocenters. The Morgan fingerprint density at radius 1 is 1.31 bits per heavy atom. The molecular formula is C14H21NO. The Kier molecular flexibility index (Phi) is 3.62. The minimum Gasteiger partial charge on any atom is -0.374 e. The van der Waals surface area contributed by atoms with Gasteiger partial charge in [0.15, 0.2) is 0 Å². The Balaban J connectivity index is 1.77. The zero-order valence-corrected chi connectivity index (χ0v) is 10.3. The van der Waals surface area contributed by atoms with Crippen molar-refractivity contribution in [3.63, 3.8) is 0 Å². The smallest absolute Gasteiger partial charge is 0.0779 e. The van der Waals surface area contributed by atoms with E-state index in [1.54, 1.807) is 0 Å². The molecule has 0 spiro atoms. The third kappa shape index (κ3) is 3.06. The molecule has 0 aliphatic carbocycles. The SMILES string of the molecule is Cc1ccc(CNCC2(C)CCCO2)cc1. The largest absolute Gasteiger partial charge is 0.374 e. The highest BCUT2D eigenvalue weighted by Crippen LogP contribution is 2.23. The van der Waals surface area contributed by atoms with Gasteiger partial charge in [0.05, 0.1) is 5.60 Å². The van der Waals surface area contributed by atoms with E-state index in [-0.39, 0.29) is 5.60 Å². The van der Waals surface area contributed by atoms with Gasteiger partial charge in [-0.2, -0.15) is 0 Å². The molecule has 0 amide bonds. The molecule has 88 valence electrons. The summed E-state index contributed by atoms with van der Waals surface area (Å²) in [6.45, 7) is 7.11. The predicted molar refractivity (Wildman–Crippen MR) is 66.5 cm³/mol. The van der Waals surface area contributed by atoms with Crippen LogP contribution in [0.1, 0.15) is 30.9 Å². The number of nitrogens with one attached hydrogen (secondary N) is 1. The van der Waals surface area contributed by atoms with E-state index >= 15 is 0 Å². The lowest BCUT2D eigenvalue weighted by molar-refractivity contribution is 0.0207. The maximum atomic E-state index is 5.73. The van der Waals surface area contributed by atoms with Gasteiger partial charge in [0.25, 0.3) is 0 Å². The molecular weight excluding hydrogens is 198 g/mol. The van der Waals surface area contributed by atoms with Crippen molar-refractivity contribution in [2.45, 2.75) is 38.8 Å². The van der Waals surface area contributed by atoms with Crippen LogP contribution in [0.15, 0.2) is 24.3 Å². The third-order valence-electron chi connectivity index (χ3n) is 3.25. The molecule has 1 fully saturated rings. The van der Waals surface area contributed by atoms with Crippen LogP contribution in [-0.2, 0) is 11.3 Å². The Hall–Kier alpha value is -0.860. The first-order valence-corrected chi connectivity index (χ1v) is 6.08. The maximum absolute atomic E-state index is 5.73. The summed E-state index contributed by atoms with van der Waals surface area (Å²) < 4.78 is 5.73. The predicted octanol–water partition coefficient (Wildman–Crippen LogP) is 2.65. The van der Waals surface area contributed by atoms with Gasteiger partial charge in [-0.05, 0) is 32.3 Å². The van der Waals surface area contributed by atoms with Gasteiger partial charge in [-0.15, -0.1) is 0 Å². The second-order valence-corrected chi connectivity index (χ2v) is 4.99. The fourth-order valence-corrected chi connectivity index (χ4v) is 2.15. The average molecular weight is 219 g/mol. The van der Waals surface area contributed by atoms with Crippen LogP contribution in [0.2, 0.25) is 0 Å². The Morgan fingerprint density at radius 2 is 2.06 bits per heavy atom. The van der Waals surface area contributed by atoms with E-state index in [9.17, 15) is 0 Å². The third-order valence-corrected chi connectivity index (χ3v) is 3.25. The number of benzene rings is 1. The minimum atomic E-state index is 0.0602. The van der Waals surface area contributed by atoms with Gasteiger partial charge < -0.3 is 10.1 Å². The van der Waals surface area contributed by atoms with E-state index in [1.807, 2.05) is 0 Å². The summed E-state index contributed by atoms with van der Waals surface area (Å²) in [5.74, 6) is 0. The standard InChI is InChI=1S/C14H21NO/c1-12-4-6-13(7-5-12)10-15-11-14(2)8-3-9-16-14/h4-7,15H,3,8-11H2,1-2H3. The van der Waals surface area contributed by atoms with E-state index in [1.165, 1.54) is 24.0 Å². The van der Waals surface area contributed by atoms with Crippen molar-refractivity contribution >= 4 is 0 Å². The summed E-state index contributed by atoms with van der Waals surface area (Å²) in [4.78, 5) is 0. The molecule has 1 aliphatic heterocycles. The fourth-order valence-electron chi connectivity index (χ4n) is 2.15. The number of hydrogen-bond acceptors (Lipinski definition) is 2. The first kappa shape index (κ1) is 11.6. The molecule has 1 N–H and O–H groups in total. The lowest BCUT2D eigenvalue weighted by atomic mass is 10.0. The summed E-state index contributed by atoms with van der Waals surface area (Å²) in [6, 6.07) is 8.68. The molecule has 0 aromatic heterocycles. The van der Waals surface area contributed by atoms with Crippen LogP contribution in [0.4, 0.5) is 0 Å². The van der Waals surface area contributed by atoms with Crippen LogP contribution < -0.4 is 5.32 Å². The fraction of sp³-hybridized carbons (Fsp3) is 0.571. The number of hydrogen-bond donors (Lipinski definition) is 1. The monoisotopic (exact) mass is 219 g/mol. The van der Waals surface area contributed by atoms with Gasteiger partial charge in [0.2, 0.25) is 0 Å². The van der Waals surface area contributed by atoms with Crippen molar-refractivity contribution in [3.05, 3.63) is 35.4 Å². The second-order valence-electron chi connectivity index (χ2n) is 4.99. The van der Waals surface area contributed by atoms with Crippen molar-refractivity contribution in [1.82, 2.24) is 5.32 Å². The summed E-state index contributed by atoms with van der Waals surface area (Å²) in [6.07, 6.45) is 2.37. The molecule has 1 aliphatic rings. The Labute approximate surface area is 98.0 Å². The normalized spacial score (nSPS) is 24.9. The van der Waals surface area contributed by atoms with Crippen LogP contribution in [0.3, 0.4) is 0 Å². The van der Waals surface area contributed by atoms with Crippen molar-refractivity contribution < 1.29 is 4.74 Å². The molecule has 0 bridgehead atoms. The number of ether oxygens (including phenoxy) is 1. The maximum Gasteiger partial charge on any atom is 0.0779 e. The highest BCUT2D eigenvalue weighted by molar-refractivity contribution is 5.21. The van der Waals surface area contributed by atoms with E-state index in [4.69, 9.17) is 4.74 Å². The molecule has 0 radical (unpaired) electrons. The molecule has 1 aromatic rings. The van der Waals surface area contributed by atoms with Gasteiger partial charge in [-0.25, -0.2) is 0 Å². The second kappa shape index (κ2) is 4.98. The summed E-state index contributed by atoms with van der Waals surface area (Å²) in [5, 5.41) is 3.48. The quantitative estimate of drug-likeness (QED) is 0.840. The van der Waals surface area contributed by atoms with Gasteiger partial charge in [-0.3, -0.25) is 0 Å². The van der Waals surface area contributed by atoms with Gasteiger partial charge in [0.1, 0.15) is 0 Å². The van der Waals surface area contributed by atoms with Gasteiger partial charge in [0, 0.05) is 19.7 Å². The molecule has 16 heavy (non-hydrogen) atoms. The van der Waals surface area contributed by atoms with Gasteiger partial charge >= 0.3 is 0 Å². The Bertz CT molecular complexity index is 325. The summed E-state index contributed by atoms with van der Waals surface area (Å²) in [7, 11) is 0. The highest BCUT2D eigenvalue weighted by atomic mass is 16.5. The van der Waals surface area contributed by atoms with Crippen molar-refractivity contribution in [2.75, 3.05) is 13.2 Å². The molecule has 1 heterocycles. The topological polar surface area (TPSA) is 21.3 Å². The molecule has 2 rings (SSSR count). The average Bonchev–Trinajstić information content (AvgIpc) is 2.69. The number of aryl methyl sites for hydroxylation is 1. The number of rotatable bonds is 4. The zero-order valence-electron chi connectivity index (χ0n) is 10.3. The van der Waals surface area contributed by atoms with Crippen molar-refractivity contribution in [2.24, 2.45) is 0 Å². The van der Waals surface area contributed by atoms with Crippen LogP contribution >= 0.6 is 0 Å². The molecule has 1 saturated heterocycles. The Morgan fingerprint density at radius 3 is 2.69 bits per heavy atom. The first-order chi connectivity index (χ1) is 7.68. The summed E-state index contributed by atoms with van der Waals surface area (Å²) >= 11 is 0. The van der Waals surface area contributed by atoms with E-state index in [2.05, 4.69) is 43.4 Å². The molecule has 2 nitrogen and oxygen atoms in total. The van der Waals surface area contributed by atoms with E-state index in [0.29, 0.717) is 0 Å². The van der Waals surface area contributed by atoms with E-state index in [0.717, 1.165) is 19.7 Å².